The van der Waals surface area contributed by atoms with Crippen molar-refractivity contribution >= 4 is 22.8 Å². The Morgan fingerprint density at radius 1 is 1.35 bits per heavy atom. The second-order valence-corrected chi connectivity index (χ2v) is 3.84. The van der Waals surface area contributed by atoms with E-state index in [0.717, 1.165) is 0 Å². The van der Waals surface area contributed by atoms with Crippen LogP contribution in [0.25, 0.3) is 10.9 Å². The van der Waals surface area contributed by atoms with Gasteiger partial charge >= 0.3 is 5.97 Å². The molecule has 0 spiro atoms. The maximum atomic E-state index is 11.1. The lowest BCUT2D eigenvalue weighted by Gasteiger charge is -2.11. The van der Waals surface area contributed by atoms with Crippen LogP contribution < -0.4 is 5.73 Å². The second kappa shape index (κ2) is 3.93. The minimum absolute atomic E-state index is 0.220. The predicted octanol–water partition coefficient (Wildman–Crippen LogP) is 1.39. The van der Waals surface area contributed by atoms with Gasteiger partial charge in [-0.2, -0.15) is 0 Å². The molecule has 5 heteroatoms. The molecule has 0 saturated heterocycles. The van der Waals surface area contributed by atoms with Crippen molar-refractivity contribution in [2.45, 2.75) is 13.0 Å². The zero-order valence-electron chi connectivity index (χ0n) is 9.25. The quantitative estimate of drug-likeness (QED) is 0.838. The third-order valence-electron chi connectivity index (χ3n) is 2.82. The van der Waals surface area contributed by atoms with Gasteiger partial charge in [0.25, 0.3) is 0 Å². The molecule has 17 heavy (non-hydrogen) atoms. The SMILES string of the molecule is CC(C(N)=O)n1ccc2c(C(=O)O)cccc21. The van der Waals surface area contributed by atoms with Crippen LogP contribution in [0.2, 0.25) is 0 Å². The molecule has 0 aliphatic heterocycles. The van der Waals surface area contributed by atoms with Crippen molar-refractivity contribution in [3.8, 4) is 0 Å². The summed E-state index contributed by atoms with van der Waals surface area (Å²) < 4.78 is 1.67. The van der Waals surface area contributed by atoms with Crippen LogP contribution in [-0.2, 0) is 4.79 Å². The van der Waals surface area contributed by atoms with E-state index in [-0.39, 0.29) is 5.56 Å². The second-order valence-electron chi connectivity index (χ2n) is 3.84. The Morgan fingerprint density at radius 2 is 2.06 bits per heavy atom. The van der Waals surface area contributed by atoms with E-state index >= 15 is 0 Å². The fourth-order valence-electron chi connectivity index (χ4n) is 1.85. The van der Waals surface area contributed by atoms with Crippen molar-refractivity contribution in [1.82, 2.24) is 4.57 Å². The molecule has 1 unspecified atom stereocenters. The number of carbonyl (C=O) groups excluding carboxylic acids is 1. The molecule has 0 radical (unpaired) electrons. The Labute approximate surface area is 97.4 Å². The van der Waals surface area contributed by atoms with Gasteiger partial charge < -0.3 is 15.4 Å². The number of benzene rings is 1. The van der Waals surface area contributed by atoms with Crippen molar-refractivity contribution in [2.75, 3.05) is 0 Å². The van der Waals surface area contributed by atoms with Gasteiger partial charge in [-0.1, -0.05) is 6.07 Å². The molecule has 1 heterocycles. The summed E-state index contributed by atoms with van der Waals surface area (Å²) in [7, 11) is 0. The highest BCUT2D eigenvalue weighted by Crippen LogP contribution is 2.23. The van der Waals surface area contributed by atoms with Crippen molar-refractivity contribution in [3.05, 3.63) is 36.0 Å². The summed E-state index contributed by atoms with van der Waals surface area (Å²) in [6, 6.07) is 6.12. The summed E-state index contributed by atoms with van der Waals surface area (Å²) in [5.41, 5.74) is 6.15. The van der Waals surface area contributed by atoms with Gasteiger partial charge in [0.2, 0.25) is 5.91 Å². The van der Waals surface area contributed by atoms with E-state index in [0.29, 0.717) is 10.9 Å². The van der Waals surface area contributed by atoms with Crippen LogP contribution in [0, 0.1) is 0 Å². The predicted molar refractivity (Wildman–Crippen MR) is 62.8 cm³/mol. The van der Waals surface area contributed by atoms with Crippen LogP contribution in [0.5, 0.6) is 0 Å². The number of aromatic carboxylic acids is 1. The number of fused-ring (bicyclic) bond motifs is 1. The molecule has 0 aliphatic rings. The van der Waals surface area contributed by atoms with Gasteiger partial charge in [0.05, 0.1) is 5.56 Å². The first kappa shape index (κ1) is 11.2. The largest absolute Gasteiger partial charge is 0.478 e. The molecule has 3 N–H and O–H groups in total. The Morgan fingerprint density at radius 3 is 2.65 bits per heavy atom. The maximum Gasteiger partial charge on any atom is 0.336 e. The van der Waals surface area contributed by atoms with E-state index in [1.165, 1.54) is 6.07 Å². The van der Waals surface area contributed by atoms with Gasteiger partial charge in [-0.15, -0.1) is 0 Å². The lowest BCUT2D eigenvalue weighted by molar-refractivity contribution is -0.120. The molecule has 0 saturated carbocycles. The fraction of sp³-hybridized carbons (Fsp3) is 0.167. The number of primary amides is 1. The van der Waals surface area contributed by atoms with E-state index in [9.17, 15) is 9.59 Å². The Kier molecular flexibility index (Phi) is 2.59. The zero-order chi connectivity index (χ0) is 12.6. The summed E-state index contributed by atoms with van der Waals surface area (Å²) in [5, 5.41) is 9.64. The van der Waals surface area contributed by atoms with Crippen LogP contribution in [-0.4, -0.2) is 21.6 Å². The van der Waals surface area contributed by atoms with Crippen LogP contribution in [0.1, 0.15) is 23.3 Å². The number of nitrogens with two attached hydrogens (primary N) is 1. The standard InChI is InChI=1S/C12H12N2O3/c1-7(11(13)15)14-6-5-8-9(12(16)17)3-2-4-10(8)14/h2-7H,1H3,(H2,13,15)(H,16,17). The molecule has 0 aliphatic carbocycles. The lowest BCUT2D eigenvalue weighted by atomic mass is 10.1. The van der Waals surface area contributed by atoms with Crippen molar-refractivity contribution < 1.29 is 14.7 Å². The van der Waals surface area contributed by atoms with Gasteiger partial charge in [-0.25, -0.2) is 4.79 Å². The highest BCUT2D eigenvalue weighted by molar-refractivity contribution is 6.03. The Hall–Kier alpha value is -2.30. The van der Waals surface area contributed by atoms with Gasteiger partial charge in [-0.05, 0) is 25.1 Å². The van der Waals surface area contributed by atoms with Gasteiger partial charge in [0, 0.05) is 17.1 Å². The first-order valence-corrected chi connectivity index (χ1v) is 5.14. The number of aromatic nitrogens is 1. The molecule has 5 nitrogen and oxygen atoms in total. The number of hydrogen-bond acceptors (Lipinski definition) is 2. The van der Waals surface area contributed by atoms with Crippen molar-refractivity contribution in [1.29, 1.82) is 0 Å². The number of carboxylic acids is 1. The first-order chi connectivity index (χ1) is 8.02. The smallest absolute Gasteiger partial charge is 0.336 e. The van der Waals surface area contributed by atoms with Crippen LogP contribution in [0.15, 0.2) is 30.5 Å². The normalized spacial score (nSPS) is 12.5. The summed E-state index contributed by atoms with van der Waals surface area (Å²) in [6.07, 6.45) is 1.67. The maximum absolute atomic E-state index is 11.1. The van der Waals surface area contributed by atoms with Gasteiger partial charge in [-0.3, -0.25) is 4.79 Å². The third kappa shape index (κ3) is 1.75. The molecule has 0 fully saturated rings. The molecule has 88 valence electrons. The van der Waals surface area contributed by atoms with Crippen LogP contribution in [0.4, 0.5) is 0 Å². The molecule has 2 aromatic rings. The van der Waals surface area contributed by atoms with Gasteiger partial charge in [0.15, 0.2) is 0 Å². The number of amides is 1. The molecule has 2 rings (SSSR count). The van der Waals surface area contributed by atoms with E-state index in [1.807, 2.05) is 0 Å². The lowest BCUT2D eigenvalue weighted by Crippen LogP contribution is -2.23. The molecule has 0 bridgehead atoms. The highest BCUT2D eigenvalue weighted by atomic mass is 16.4. The molecule has 1 aromatic heterocycles. The fourth-order valence-corrected chi connectivity index (χ4v) is 1.85. The average molecular weight is 232 g/mol. The minimum Gasteiger partial charge on any atom is -0.478 e. The minimum atomic E-state index is -0.986. The Balaban J connectivity index is 2.66. The van der Waals surface area contributed by atoms with E-state index in [2.05, 4.69) is 0 Å². The third-order valence-corrected chi connectivity index (χ3v) is 2.82. The summed E-state index contributed by atoms with van der Waals surface area (Å²) in [4.78, 5) is 22.2. The number of rotatable bonds is 3. The molecule has 1 atom stereocenters. The number of carbonyl (C=O) groups is 2. The van der Waals surface area contributed by atoms with E-state index < -0.39 is 17.9 Å². The number of nitrogens with zero attached hydrogens (tertiary/aromatic N) is 1. The molecular formula is C12H12N2O3. The summed E-state index contributed by atoms with van der Waals surface area (Å²) in [5.74, 6) is -1.44. The van der Waals surface area contributed by atoms with Crippen molar-refractivity contribution in [2.24, 2.45) is 5.73 Å². The molecule has 1 amide bonds. The van der Waals surface area contributed by atoms with Crippen molar-refractivity contribution in [3.63, 3.8) is 0 Å². The van der Waals surface area contributed by atoms with Crippen LogP contribution >= 0.6 is 0 Å². The van der Waals surface area contributed by atoms with E-state index in [1.54, 1.807) is 35.9 Å². The first-order valence-electron chi connectivity index (χ1n) is 5.14. The zero-order valence-corrected chi connectivity index (χ0v) is 9.25. The monoisotopic (exact) mass is 232 g/mol. The van der Waals surface area contributed by atoms with Crippen LogP contribution in [0.3, 0.4) is 0 Å². The summed E-state index contributed by atoms with van der Waals surface area (Å²) >= 11 is 0. The Bertz CT molecular complexity index is 601. The van der Waals surface area contributed by atoms with E-state index in [4.69, 9.17) is 10.8 Å². The summed E-state index contributed by atoms with van der Waals surface area (Å²) in [6.45, 7) is 1.68. The molecular weight excluding hydrogens is 220 g/mol. The van der Waals surface area contributed by atoms with Gasteiger partial charge in [0.1, 0.15) is 6.04 Å². The average Bonchev–Trinajstić information content (AvgIpc) is 2.70. The molecule has 1 aromatic carbocycles. The number of hydrogen-bond donors (Lipinski definition) is 2. The number of carboxylic acid groups (broad SMARTS) is 1. The topological polar surface area (TPSA) is 85.3 Å². The highest BCUT2D eigenvalue weighted by Gasteiger charge is 2.16.